The van der Waals surface area contributed by atoms with Gasteiger partial charge in [0.05, 0.1) is 18.2 Å². The summed E-state index contributed by atoms with van der Waals surface area (Å²) in [7, 11) is 1.89. The van der Waals surface area contributed by atoms with Gasteiger partial charge >= 0.3 is 0 Å². The van der Waals surface area contributed by atoms with Crippen molar-refractivity contribution < 1.29 is 0 Å². The minimum Gasteiger partial charge on any atom is -0.373 e. The van der Waals surface area contributed by atoms with Crippen LogP contribution in [0.2, 0.25) is 0 Å². The topological polar surface area (TPSA) is 55.6 Å². The minimum atomic E-state index is -0.00623. The van der Waals surface area contributed by atoms with E-state index >= 15 is 0 Å². The average molecular weight is 271 g/mol. The molecule has 5 nitrogen and oxygen atoms in total. The van der Waals surface area contributed by atoms with Crippen molar-refractivity contribution in [1.82, 2.24) is 19.5 Å². The maximum atomic E-state index is 4.75. The van der Waals surface area contributed by atoms with Crippen molar-refractivity contribution in [2.75, 3.05) is 12.4 Å². The zero-order valence-electron chi connectivity index (χ0n) is 12.5. The van der Waals surface area contributed by atoms with E-state index < -0.39 is 0 Å². The van der Waals surface area contributed by atoms with Gasteiger partial charge in [-0.2, -0.15) is 0 Å². The molecule has 0 saturated heterocycles. The summed E-state index contributed by atoms with van der Waals surface area (Å²) in [6, 6.07) is 2.59. The molecular weight excluding hydrogens is 250 g/mol. The van der Waals surface area contributed by atoms with E-state index in [0.717, 1.165) is 23.0 Å². The lowest BCUT2D eigenvalue weighted by atomic mass is 9.92. The predicted molar refractivity (Wildman–Crippen MR) is 79.8 cm³/mol. The Hall–Kier alpha value is -1.91. The fourth-order valence-electron chi connectivity index (χ4n) is 2.20. The Bertz CT molecular complexity index is 619. The van der Waals surface area contributed by atoms with Crippen LogP contribution in [0.3, 0.4) is 0 Å². The Labute approximate surface area is 119 Å². The highest BCUT2D eigenvalue weighted by molar-refractivity contribution is 5.54. The molecule has 0 spiro atoms. The van der Waals surface area contributed by atoms with Gasteiger partial charge in [-0.1, -0.05) is 20.8 Å². The SMILES string of the molecule is CNc1cc(C(C)(C)C)nc(-c2cncn2C2CC2)n1. The van der Waals surface area contributed by atoms with E-state index in [1.807, 2.05) is 25.6 Å². The fraction of sp³-hybridized carbons (Fsp3) is 0.533. The molecule has 1 aliphatic carbocycles. The second-order valence-corrected chi connectivity index (χ2v) is 6.38. The van der Waals surface area contributed by atoms with Crippen LogP contribution in [0.25, 0.3) is 11.5 Å². The normalized spacial score (nSPS) is 15.4. The first-order valence-electron chi connectivity index (χ1n) is 7.08. The first-order valence-corrected chi connectivity index (χ1v) is 7.08. The molecule has 2 heterocycles. The highest BCUT2D eigenvalue weighted by atomic mass is 15.1. The summed E-state index contributed by atoms with van der Waals surface area (Å²) in [6.45, 7) is 6.49. The van der Waals surface area contributed by atoms with E-state index in [0.29, 0.717) is 6.04 Å². The highest BCUT2D eigenvalue weighted by Gasteiger charge is 2.27. The third-order valence-electron chi connectivity index (χ3n) is 3.59. The molecule has 1 saturated carbocycles. The second-order valence-electron chi connectivity index (χ2n) is 6.38. The van der Waals surface area contributed by atoms with Crippen molar-refractivity contribution in [2.45, 2.75) is 45.1 Å². The van der Waals surface area contributed by atoms with Gasteiger partial charge in [0.2, 0.25) is 0 Å². The van der Waals surface area contributed by atoms with Crippen molar-refractivity contribution >= 4 is 5.82 Å². The lowest BCUT2D eigenvalue weighted by Gasteiger charge is -2.19. The van der Waals surface area contributed by atoms with Gasteiger partial charge in [-0.25, -0.2) is 15.0 Å². The van der Waals surface area contributed by atoms with Crippen molar-refractivity contribution in [3.8, 4) is 11.5 Å². The zero-order chi connectivity index (χ0) is 14.3. The molecule has 0 amide bonds. The van der Waals surface area contributed by atoms with Gasteiger partial charge in [0.25, 0.3) is 0 Å². The molecule has 2 aromatic rings. The largest absolute Gasteiger partial charge is 0.373 e. The number of nitrogens with one attached hydrogen (secondary N) is 1. The zero-order valence-corrected chi connectivity index (χ0v) is 12.5. The molecule has 106 valence electrons. The van der Waals surface area contributed by atoms with Crippen LogP contribution in [-0.2, 0) is 5.41 Å². The molecule has 0 unspecified atom stereocenters. The van der Waals surface area contributed by atoms with E-state index in [1.54, 1.807) is 0 Å². The van der Waals surface area contributed by atoms with Crippen molar-refractivity contribution in [3.05, 3.63) is 24.3 Å². The van der Waals surface area contributed by atoms with Gasteiger partial charge in [0, 0.05) is 24.6 Å². The van der Waals surface area contributed by atoms with Crippen LogP contribution in [0, 0.1) is 0 Å². The average Bonchev–Trinajstić information content (AvgIpc) is 3.14. The maximum Gasteiger partial charge on any atom is 0.180 e. The molecule has 0 aliphatic heterocycles. The van der Waals surface area contributed by atoms with E-state index in [2.05, 4.69) is 40.6 Å². The van der Waals surface area contributed by atoms with Gasteiger partial charge in [0.15, 0.2) is 5.82 Å². The molecule has 20 heavy (non-hydrogen) atoms. The molecule has 1 aliphatic rings. The fourth-order valence-corrected chi connectivity index (χ4v) is 2.20. The number of anilines is 1. The molecule has 3 rings (SSSR count). The van der Waals surface area contributed by atoms with Gasteiger partial charge in [-0.05, 0) is 12.8 Å². The van der Waals surface area contributed by atoms with Crippen LogP contribution in [0.1, 0.15) is 45.3 Å². The van der Waals surface area contributed by atoms with Crippen molar-refractivity contribution in [2.24, 2.45) is 0 Å². The highest BCUT2D eigenvalue weighted by Crippen LogP contribution is 2.38. The second kappa shape index (κ2) is 4.58. The summed E-state index contributed by atoms with van der Waals surface area (Å²) in [4.78, 5) is 13.6. The van der Waals surface area contributed by atoms with E-state index in [-0.39, 0.29) is 5.41 Å². The van der Waals surface area contributed by atoms with Crippen molar-refractivity contribution in [3.63, 3.8) is 0 Å². The molecule has 0 bridgehead atoms. The van der Waals surface area contributed by atoms with Gasteiger partial charge < -0.3 is 9.88 Å². The van der Waals surface area contributed by atoms with Crippen LogP contribution in [0.15, 0.2) is 18.6 Å². The molecule has 1 N–H and O–H groups in total. The summed E-state index contributed by atoms with van der Waals surface area (Å²) < 4.78 is 2.20. The molecule has 1 fully saturated rings. The molecule has 0 atom stereocenters. The summed E-state index contributed by atoms with van der Waals surface area (Å²) >= 11 is 0. The van der Waals surface area contributed by atoms with Crippen LogP contribution in [0.5, 0.6) is 0 Å². The van der Waals surface area contributed by atoms with Crippen LogP contribution in [0.4, 0.5) is 5.82 Å². The first-order chi connectivity index (χ1) is 9.49. The third kappa shape index (κ3) is 2.40. The summed E-state index contributed by atoms with van der Waals surface area (Å²) in [5.41, 5.74) is 2.04. The van der Waals surface area contributed by atoms with E-state index in [4.69, 9.17) is 4.98 Å². The Balaban J connectivity index is 2.10. The molecule has 5 heteroatoms. The summed E-state index contributed by atoms with van der Waals surface area (Å²) in [5, 5.41) is 3.13. The number of imidazole rings is 1. The quantitative estimate of drug-likeness (QED) is 0.932. The molecule has 0 radical (unpaired) electrons. The minimum absolute atomic E-state index is 0.00623. The lowest BCUT2D eigenvalue weighted by molar-refractivity contribution is 0.567. The third-order valence-corrected chi connectivity index (χ3v) is 3.59. The van der Waals surface area contributed by atoms with Gasteiger partial charge in [0.1, 0.15) is 11.5 Å². The van der Waals surface area contributed by atoms with Gasteiger partial charge in [-0.15, -0.1) is 0 Å². The van der Waals surface area contributed by atoms with Crippen LogP contribution >= 0.6 is 0 Å². The maximum absolute atomic E-state index is 4.75. The van der Waals surface area contributed by atoms with Crippen molar-refractivity contribution in [1.29, 1.82) is 0 Å². The molecule has 2 aromatic heterocycles. The first kappa shape index (κ1) is 13.1. The number of nitrogens with zero attached hydrogens (tertiary/aromatic N) is 4. The standard InChI is InChI=1S/C15H21N5/c1-15(2,3)12-7-13(16-4)19-14(18-12)11-8-17-9-20(11)10-5-6-10/h7-10H,5-6H2,1-4H3,(H,16,18,19). The van der Waals surface area contributed by atoms with E-state index in [1.165, 1.54) is 12.8 Å². The smallest absolute Gasteiger partial charge is 0.180 e. The summed E-state index contributed by atoms with van der Waals surface area (Å²) in [5.74, 6) is 1.61. The number of aromatic nitrogens is 4. The Kier molecular flexibility index (Phi) is 3.00. The predicted octanol–water partition coefficient (Wildman–Crippen LogP) is 3.01. The molecule has 0 aromatic carbocycles. The van der Waals surface area contributed by atoms with Crippen LogP contribution in [-0.4, -0.2) is 26.6 Å². The lowest BCUT2D eigenvalue weighted by Crippen LogP contribution is -2.16. The number of hydrogen-bond donors (Lipinski definition) is 1. The van der Waals surface area contributed by atoms with Gasteiger partial charge in [-0.3, -0.25) is 0 Å². The molecular formula is C15H21N5. The van der Waals surface area contributed by atoms with Crippen LogP contribution < -0.4 is 5.32 Å². The van der Waals surface area contributed by atoms with E-state index in [9.17, 15) is 0 Å². The monoisotopic (exact) mass is 271 g/mol. The number of rotatable bonds is 3. The summed E-state index contributed by atoms with van der Waals surface area (Å²) in [6.07, 6.45) is 6.20. The number of hydrogen-bond acceptors (Lipinski definition) is 4. The Morgan fingerprint density at radius 1 is 1.25 bits per heavy atom. The Morgan fingerprint density at radius 2 is 2.00 bits per heavy atom. The Morgan fingerprint density at radius 3 is 2.60 bits per heavy atom.